The van der Waals surface area contributed by atoms with Crippen molar-refractivity contribution in [2.24, 2.45) is 17.8 Å². The quantitative estimate of drug-likeness (QED) is 0.450. The molecule has 0 radical (unpaired) electrons. The number of rotatable bonds is 6. The van der Waals surface area contributed by atoms with E-state index in [0.29, 0.717) is 23.7 Å². The summed E-state index contributed by atoms with van der Waals surface area (Å²) >= 11 is 0. The van der Waals surface area contributed by atoms with Crippen LogP contribution in [0.25, 0.3) is 6.08 Å². The number of benzene rings is 1. The molecule has 4 atom stereocenters. The Morgan fingerprint density at radius 3 is 2.46 bits per heavy atom. The van der Waals surface area contributed by atoms with Crippen LogP contribution in [0.5, 0.6) is 5.75 Å². The van der Waals surface area contributed by atoms with Gasteiger partial charge >= 0.3 is 6.09 Å². The molecule has 2 heterocycles. The van der Waals surface area contributed by atoms with E-state index in [9.17, 15) is 19.5 Å². The lowest BCUT2D eigenvalue weighted by Crippen LogP contribution is -2.37. The van der Waals surface area contributed by atoms with Crippen LogP contribution in [0.1, 0.15) is 62.6 Å². The highest BCUT2D eigenvalue weighted by molar-refractivity contribution is 6.16. The Hall–Kier alpha value is -2.93. The molecule has 0 unspecified atom stereocenters. The second kappa shape index (κ2) is 9.97. The Bertz CT molecular complexity index is 1090. The highest BCUT2D eigenvalue weighted by atomic mass is 16.5. The van der Waals surface area contributed by atoms with E-state index in [0.717, 1.165) is 53.5 Å². The highest BCUT2D eigenvalue weighted by Gasteiger charge is 2.58. The van der Waals surface area contributed by atoms with Crippen LogP contribution in [-0.4, -0.2) is 47.7 Å². The summed E-state index contributed by atoms with van der Waals surface area (Å²) < 4.78 is 10.9. The van der Waals surface area contributed by atoms with Crippen molar-refractivity contribution in [3.8, 4) is 5.75 Å². The van der Waals surface area contributed by atoms with Gasteiger partial charge in [-0.25, -0.2) is 4.79 Å². The van der Waals surface area contributed by atoms with E-state index in [-0.39, 0.29) is 12.0 Å². The highest BCUT2D eigenvalue weighted by Crippen LogP contribution is 2.49. The Balaban J connectivity index is 1.52. The van der Waals surface area contributed by atoms with Crippen LogP contribution in [-0.2, 0) is 19.1 Å². The normalized spacial score (nSPS) is 26.3. The number of hydrogen-bond donors (Lipinski definition) is 1. The maximum atomic E-state index is 13.0. The SMILES string of the molecule is CCC/C(=C\c1cc(C)c(O)c(C)c1)CC[C@H]1OC[C@H]2C1=C(C)C[C@H]1C(=O)N(C(=O)OC)C(=O)[C@H]12. The van der Waals surface area contributed by atoms with Crippen LogP contribution in [0.3, 0.4) is 0 Å². The summed E-state index contributed by atoms with van der Waals surface area (Å²) in [5.74, 6) is -1.83. The van der Waals surface area contributed by atoms with Gasteiger partial charge in [-0.05, 0) is 80.9 Å². The molecule has 188 valence electrons. The fourth-order valence-electron chi connectivity index (χ4n) is 6.12. The first kappa shape index (κ1) is 25.2. The van der Waals surface area contributed by atoms with Gasteiger partial charge in [0.15, 0.2) is 0 Å². The molecule has 0 bridgehead atoms. The molecule has 7 heteroatoms. The maximum Gasteiger partial charge on any atom is 0.423 e. The van der Waals surface area contributed by atoms with Crippen molar-refractivity contribution in [1.29, 1.82) is 0 Å². The first-order valence-corrected chi connectivity index (χ1v) is 12.4. The first-order chi connectivity index (χ1) is 16.7. The first-order valence-electron chi connectivity index (χ1n) is 12.4. The topological polar surface area (TPSA) is 93.1 Å². The molecule has 7 nitrogen and oxygen atoms in total. The van der Waals surface area contributed by atoms with Crippen molar-refractivity contribution >= 4 is 24.0 Å². The summed E-state index contributed by atoms with van der Waals surface area (Å²) in [5, 5.41) is 10.1. The smallest absolute Gasteiger partial charge is 0.423 e. The number of carbonyl (C=O) groups excluding carboxylic acids is 3. The molecule has 0 saturated carbocycles. The molecule has 1 aromatic carbocycles. The number of hydrogen-bond acceptors (Lipinski definition) is 6. The van der Waals surface area contributed by atoms with Crippen LogP contribution in [0.15, 0.2) is 28.9 Å². The average Bonchev–Trinajstić information content (AvgIpc) is 3.34. The Morgan fingerprint density at radius 1 is 1.14 bits per heavy atom. The average molecular weight is 482 g/mol. The number of amides is 3. The van der Waals surface area contributed by atoms with E-state index in [1.54, 1.807) is 0 Å². The van der Waals surface area contributed by atoms with Gasteiger partial charge in [-0.1, -0.05) is 30.6 Å². The molecule has 1 aliphatic carbocycles. The van der Waals surface area contributed by atoms with E-state index < -0.39 is 29.7 Å². The number of ether oxygens (including phenoxy) is 2. The summed E-state index contributed by atoms with van der Waals surface area (Å²) in [7, 11) is 1.18. The lowest BCUT2D eigenvalue weighted by atomic mass is 9.70. The number of aromatic hydroxyl groups is 1. The Morgan fingerprint density at radius 2 is 1.83 bits per heavy atom. The summed E-state index contributed by atoms with van der Waals surface area (Å²) in [4.78, 5) is 38.6. The molecule has 0 spiro atoms. The van der Waals surface area contributed by atoms with E-state index in [1.165, 1.54) is 12.7 Å². The lowest BCUT2D eigenvalue weighted by molar-refractivity contribution is -0.137. The second-order valence-electron chi connectivity index (χ2n) is 10.1. The number of allylic oxidation sites excluding steroid dienone is 2. The third-order valence-electron chi connectivity index (χ3n) is 7.69. The van der Waals surface area contributed by atoms with Crippen molar-refractivity contribution in [2.45, 2.75) is 65.9 Å². The molecule has 3 aliphatic rings. The molecular weight excluding hydrogens is 446 g/mol. The Labute approximate surface area is 206 Å². The molecular formula is C28H35NO6. The minimum atomic E-state index is -0.905. The zero-order valence-corrected chi connectivity index (χ0v) is 21.2. The molecule has 35 heavy (non-hydrogen) atoms. The molecule has 3 amide bonds. The predicted molar refractivity (Wildman–Crippen MR) is 131 cm³/mol. The number of methoxy groups -OCH3 is 1. The van der Waals surface area contributed by atoms with Crippen molar-refractivity contribution in [1.82, 2.24) is 4.90 Å². The van der Waals surface area contributed by atoms with Gasteiger partial charge in [-0.15, -0.1) is 0 Å². The van der Waals surface area contributed by atoms with Gasteiger partial charge in [0.25, 0.3) is 0 Å². The van der Waals surface area contributed by atoms with E-state index in [1.807, 2.05) is 32.9 Å². The number of nitrogens with zero attached hydrogens (tertiary/aromatic N) is 1. The van der Waals surface area contributed by atoms with E-state index in [2.05, 4.69) is 17.7 Å². The van der Waals surface area contributed by atoms with Gasteiger partial charge in [0, 0.05) is 5.92 Å². The summed E-state index contributed by atoms with van der Waals surface area (Å²) in [6.07, 6.45) is 5.33. The molecule has 1 N–H and O–H groups in total. The molecule has 0 aromatic heterocycles. The number of phenols is 1. The summed E-state index contributed by atoms with van der Waals surface area (Å²) in [6, 6.07) is 4.01. The zero-order valence-electron chi connectivity index (χ0n) is 21.2. The van der Waals surface area contributed by atoms with E-state index in [4.69, 9.17) is 4.74 Å². The minimum absolute atomic E-state index is 0.0976. The second-order valence-corrected chi connectivity index (χ2v) is 10.1. The van der Waals surface area contributed by atoms with Gasteiger partial charge < -0.3 is 14.6 Å². The zero-order chi connectivity index (χ0) is 25.4. The number of imide groups is 3. The van der Waals surface area contributed by atoms with Crippen molar-refractivity contribution < 1.29 is 29.0 Å². The van der Waals surface area contributed by atoms with Crippen molar-refractivity contribution in [3.05, 3.63) is 45.5 Å². The number of fused-ring (bicyclic) bond motifs is 3. The number of likely N-dealkylation sites (tertiary alicyclic amines) is 1. The standard InChI is InChI=1S/C28H35NO6/c1-6-7-18(13-19-10-16(3)25(30)17(4)11-19)8-9-22-23-15(2)12-20-24(21(23)14-35-22)27(32)29(26(20)31)28(33)34-5/h10-11,13,20-22,24,30H,6-9,12,14H2,1-5H3/b18-13+/t20-,21+,22-,24-/m1/s1. The largest absolute Gasteiger partial charge is 0.507 e. The van der Waals surface area contributed by atoms with Gasteiger partial charge in [0.2, 0.25) is 11.8 Å². The van der Waals surface area contributed by atoms with E-state index >= 15 is 0 Å². The number of phenolic OH excluding ortho intramolecular Hbond substituents is 1. The van der Waals surface area contributed by atoms with Crippen LogP contribution >= 0.6 is 0 Å². The fourth-order valence-corrected chi connectivity index (χ4v) is 6.12. The van der Waals surface area contributed by atoms with Crippen LogP contribution in [0.2, 0.25) is 0 Å². The molecule has 2 fully saturated rings. The fraction of sp³-hybridized carbons (Fsp3) is 0.536. The summed E-state index contributed by atoms with van der Waals surface area (Å²) in [6.45, 7) is 8.38. The van der Waals surface area contributed by atoms with Crippen molar-refractivity contribution in [3.63, 3.8) is 0 Å². The van der Waals surface area contributed by atoms with Gasteiger partial charge in [-0.2, -0.15) is 4.90 Å². The minimum Gasteiger partial charge on any atom is -0.507 e. The maximum absolute atomic E-state index is 13.0. The lowest BCUT2D eigenvalue weighted by Gasteiger charge is -2.30. The third kappa shape index (κ3) is 4.54. The third-order valence-corrected chi connectivity index (χ3v) is 7.69. The van der Waals surface area contributed by atoms with Crippen molar-refractivity contribution in [2.75, 3.05) is 13.7 Å². The van der Waals surface area contributed by atoms with Gasteiger partial charge in [0.05, 0.1) is 31.7 Å². The summed E-state index contributed by atoms with van der Waals surface area (Å²) in [5.41, 5.74) is 6.36. The number of aryl methyl sites for hydroxylation is 2. The van der Waals surface area contributed by atoms with Crippen LogP contribution in [0.4, 0.5) is 4.79 Å². The molecule has 4 rings (SSSR count). The van der Waals surface area contributed by atoms with Gasteiger partial charge in [0.1, 0.15) is 5.75 Å². The molecule has 2 aliphatic heterocycles. The Kier molecular flexibility index (Phi) is 7.17. The monoisotopic (exact) mass is 481 g/mol. The number of carbonyl (C=O) groups is 3. The molecule has 1 aromatic rings. The van der Waals surface area contributed by atoms with Crippen LogP contribution in [0, 0.1) is 31.6 Å². The van der Waals surface area contributed by atoms with Gasteiger partial charge in [-0.3, -0.25) is 9.59 Å². The molecule has 2 saturated heterocycles. The predicted octanol–water partition coefficient (Wildman–Crippen LogP) is 5.08. The van der Waals surface area contributed by atoms with Crippen LogP contribution < -0.4 is 0 Å².